The number of carbonyl (C=O) groups is 1. The second kappa shape index (κ2) is 6.57. The summed E-state index contributed by atoms with van der Waals surface area (Å²) in [4.78, 5) is 16.1. The molecule has 1 fully saturated rings. The van der Waals surface area contributed by atoms with Crippen molar-refractivity contribution in [3.05, 3.63) is 41.5 Å². The van der Waals surface area contributed by atoms with Gasteiger partial charge in [-0.25, -0.2) is 4.79 Å². The molecule has 1 aromatic carbocycles. The van der Waals surface area contributed by atoms with Crippen LogP contribution >= 0.6 is 0 Å². The standard InChI is InChI=1S/C19H26N2O3/c1-19(2,3)24-18(23)21-12-10-20(11-13-21)16-9-8-14-6-4-5-7-15(14)17(16)22/h4-9,16-17,22H,10-13H2,1-3H3/t16-,17-/m1/s1. The number of hydrogen-bond acceptors (Lipinski definition) is 4. The Morgan fingerprint density at radius 3 is 2.50 bits per heavy atom. The van der Waals surface area contributed by atoms with Crippen molar-refractivity contribution < 1.29 is 14.6 Å². The highest BCUT2D eigenvalue weighted by Crippen LogP contribution is 2.31. The second-order valence-corrected chi connectivity index (χ2v) is 7.43. The Balaban J connectivity index is 1.61. The number of carbonyl (C=O) groups excluding carboxylic acids is 1. The van der Waals surface area contributed by atoms with Gasteiger partial charge in [0, 0.05) is 26.2 Å². The van der Waals surface area contributed by atoms with E-state index in [4.69, 9.17) is 4.74 Å². The van der Waals surface area contributed by atoms with Gasteiger partial charge in [0.05, 0.1) is 12.1 Å². The second-order valence-electron chi connectivity index (χ2n) is 7.43. The van der Waals surface area contributed by atoms with E-state index in [-0.39, 0.29) is 12.1 Å². The van der Waals surface area contributed by atoms with Crippen LogP contribution in [0, 0.1) is 0 Å². The molecular formula is C19H26N2O3. The van der Waals surface area contributed by atoms with Crippen LogP contribution in [0.5, 0.6) is 0 Å². The number of rotatable bonds is 1. The van der Waals surface area contributed by atoms with E-state index in [1.54, 1.807) is 4.90 Å². The maximum Gasteiger partial charge on any atom is 0.410 e. The van der Waals surface area contributed by atoms with Gasteiger partial charge in [0.15, 0.2) is 0 Å². The summed E-state index contributed by atoms with van der Waals surface area (Å²) in [5, 5.41) is 10.7. The van der Waals surface area contributed by atoms with Crippen LogP contribution in [-0.4, -0.2) is 58.8 Å². The highest BCUT2D eigenvalue weighted by Gasteiger charge is 2.33. The summed E-state index contributed by atoms with van der Waals surface area (Å²) in [5.74, 6) is 0. The molecule has 0 saturated carbocycles. The summed E-state index contributed by atoms with van der Waals surface area (Å²) < 4.78 is 5.43. The monoisotopic (exact) mass is 330 g/mol. The molecule has 2 aliphatic rings. The highest BCUT2D eigenvalue weighted by atomic mass is 16.6. The molecule has 24 heavy (non-hydrogen) atoms. The van der Waals surface area contributed by atoms with Crippen LogP contribution in [0.25, 0.3) is 6.08 Å². The number of ether oxygens (including phenoxy) is 1. The van der Waals surface area contributed by atoms with E-state index < -0.39 is 11.7 Å². The van der Waals surface area contributed by atoms with Crippen molar-refractivity contribution in [2.75, 3.05) is 26.2 Å². The van der Waals surface area contributed by atoms with Crippen molar-refractivity contribution in [3.8, 4) is 0 Å². The summed E-state index contributed by atoms with van der Waals surface area (Å²) in [6.45, 7) is 8.33. The van der Waals surface area contributed by atoms with Gasteiger partial charge >= 0.3 is 6.09 Å². The van der Waals surface area contributed by atoms with Crippen LogP contribution in [-0.2, 0) is 4.74 Å². The number of piperazine rings is 1. The fourth-order valence-corrected chi connectivity index (χ4v) is 3.27. The number of nitrogens with zero attached hydrogens (tertiary/aromatic N) is 2. The molecular weight excluding hydrogens is 304 g/mol. The topological polar surface area (TPSA) is 53.0 Å². The first-order valence-corrected chi connectivity index (χ1v) is 8.52. The minimum Gasteiger partial charge on any atom is -0.444 e. The van der Waals surface area contributed by atoms with Gasteiger partial charge < -0.3 is 14.7 Å². The Morgan fingerprint density at radius 2 is 1.83 bits per heavy atom. The molecule has 0 bridgehead atoms. The normalized spacial score (nSPS) is 24.6. The van der Waals surface area contributed by atoms with E-state index in [2.05, 4.69) is 17.1 Å². The van der Waals surface area contributed by atoms with Crippen LogP contribution in [0.15, 0.2) is 30.3 Å². The van der Waals surface area contributed by atoms with Gasteiger partial charge in [-0.05, 0) is 31.9 Å². The molecule has 1 aliphatic carbocycles. The largest absolute Gasteiger partial charge is 0.444 e. The molecule has 1 aromatic rings. The third kappa shape index (κ3) is 3.62. The van der Waals surface area contributed by atoms with Crippen molar-refractivity contribution in [3.63, 3.8) is 0 Å². The molecule has 1 heterocycles. The maximum atomic E-state index is 12.1. The molecule has 0 aromatic heterocycles. The van der Waals surface area contributed by atoms with E-state index >= 15 is 0 Å². The molecule has 130 valence electrons. The van der Waals surface area contributed by atoms with Crippen molar-refractivity contribution >= 4 is 12.2 Å². The van der Waals surface area contributed by atoms with Crippen molar-refractivity contribution in [2.45, 2.75) is 38.5 Å². The van der Waals surface area contributed by atoms with E-state index in [0.29, 0.717) is 13.1 Å². The third-order valence-corrected chi connectivity index (χ3v) is 4.50. The lowest BCUT2D eigenvalue weighted by Gasteiger charge is -2.41. The summed E-state index contributed by atoms with van der Waals surface area (Å²) >= 11 is 0. The zero-order valence-corrected chi connectivity index (χ0v) is 14.6. The average molecular weight is 330 g/mol. The first kappa shape index (κ1) is 17.0. The number of aliphatic hydroxyl groups excluding tert-OH is 1. The zero-order chi connectivity index (χ0) is 17.3. The van der Waals surface area contributed by atoms with Crippen LogP contribution in [0.1, 0.15) is 38.0 Å². The van der Waals surface area contributed by atoms with Crippen molar-refractivity contribution in [1.82, 2.24) is 9.80 Å². The van der Waals surface area contributed by atoms with Gasteiger partial charge in [-0.3, -0.25) is 4.90 Å². The maximum absolute atomic E-state index is 12.1. The Labute approximate surface area is 143 Å². The average Bonchev–Trinajstić information content (AvgIpc) is 2.54. The van der Waals surface area contributed by atoms with Gasteiger partial charge in [-0.15, -0.1) is 0 Å². The quantitative estimate of drug-likeness (QED) is 0.860. The summed E-state index contributed by atoms with van der Waals surface area (Å²) in [7, 11) is 0. The molecule has 0 radical (unpaired) electrons. The molecule has 1 saturated heterocycles. The van der Waals surface area contributed by atoms with Crippen molar-refractivity contribution in [2.24, 2.45) is 0 Å². The highest BCUT2D eigenvalue weighted by molar-refractivity contribution is 5.68. The van der Waals surface area contributed by atoms with Crippen LogP contribution in [0.2, 0.25) is 0 Å². The molecule has 0 spiro atoms. The van der Waals surface area contributed by atoms with Gasteiger partial charge in [-0.2, -0.15) is 0 Å². The first-order chi connectivity index (χ1) is 11.3. The molecule has 5 heteroatoms. The van der Waals surface area contributed by atoms with Gasteiger partial charge in [-0.1, -0.05) is 36.4 Å². The van der Waals surface area contributed by atoms with Gasteiger partial charge in [0.1, 0.15) is 5.60 Å². The lowest BCUT2D eigenvalue weighted by molar-refractivity contribution is 0.00223. The van der Waals surface area contributed by atoms with E-state index in [1.165, 1.54) is 0 Å². The van der Waals surface area contributed by atoms with Gasteiger partial charge in [0.25, 0.3) is 0 Å². The van der Waals surface area contributed by atoms with E-state index in [0.717, 1.165) is 24.2 Å². The first-order valence-electron chi connectivity index (χ1n) is 8.52. The zero-order valence-electron chi connectivity index (χ0n) is 14.6. The number of hydrogen-bond donors (Lipinski definition) is 1. The number of amides is 1. The van der Waals surface area contributed by atoms with Crippen molar-refractivity contribution in [1.29, 1.82) is 0 Å². The predicted molar refractivity (Wildman–Crippen MR) is 93.6 cm³/mol. The molecule has 0 unspecified atom stereocenters. The smallest absolute Gasteiger partial charge is 0.410 e. The minimum atomic E-state index is -0.528. The Bertz CT molecular complexity index is 628. The van der Waals surface area contributed by atoms with Crippen LogP contribution in [0.3, 0.4) is 0 Å². The number of aliphatic hydroxyl groups is 1. The lowest BCUT2D eigenvalue weighted by atomic mass is 9.90. The Hall–Kier alpha value is -1.85. The molecule has 1 aliphatic heterocycles. The lowest BCUT2D eigenvalue weighted by Crippen LogP contribution is -2.53. The van der Waals surface area contributed by atoms with Gasteiger partial charge in [0.2, 0.25) is 0 Å². The van der Waals surface area contributed by atoms with E-state index in [9.17, 15) is 9.90 Å². The SMILES string of the molecule is CC(C)(C)OC(=O)N1CCN([C@@H]2C=Cc3ccccc3[C@H]2O)CC1. The minimum absolute atomic E-state index is 0.0410. The third-order valence-electron chi connectivity index (χ3n) is 4.50. The van der Waals surface area contributed by atoms with E-state index in [1.807, 2.05) is 45.0 Å². The molecule has 2 atom stereocenters. The fraction of sp³-hybridized carbons (Fsp3) is 0.526. The number of benzene rings is 1. The molecule has 1 amide bonds. The summed E-state index contributed by atoms with van der Waals surface area (Å²) in [5.41, 5.74) is 1.58. The summed E-state index contributed by atoms with van der Waals surface area (Å²) in [6.07, 6.45) is 3.36. The Morgan fingerprint density at radius 1 is 1.17 bits per heavy atom. The fourth-order valence-electron chi connectivity index (χ4n) is 3.27. The molecule has 5 nitrogen and oxygen atoms in total. The van der Waals surface area contributed by atoms with Crippen LogP contribution < -0.4 is 0 Å². The molecule has 3 rings (SSSR count). The predicted octanol–water partition coefficient (Wildman–Crippen LogP) is 2.67. The van der Waals surface area contributed by atoms with Crippen LogP contribution in [0.4, 0.5) is 4.79 Å². The molecule has 1 N–H and O–H groups in total. The summed E-state index contributed by atoms with van der Waals surface area (Å²) in [6, 6.07) is 7.90. The Kier molecular flexibility index (Phi) is 4.65. The number of fused-ring (bicyclic) bond motifs is 1.